The van der Waals surface area contributed by atoms with E-state index in [0.29, 0.717) is 4.64 Å². The molecule has 56 valence electrons. The van der Waals surface area contributed by atoms with Crippen molar-refractivity contribution in [2.45, 2.75) is 6.92 Å². The minimum atomic E-state index is 0.665. The van der Waals surface area contributed by atoms with Gasteiger partial charge in [0.2, 0.25) is 0 Å². The van der Waals surface area contributed by atoms with Gasteiger partial charge in [-0.25, -0.2) is 9.97 Å². The van der Waals surface area contributed by atoms with Crippen LogP contribution in [0.15, 0.2) is 6.33 Å². The van der Waals surface area contributed by atoms with Gasteiger partial charge in [-0.3, -0.25) is 10.2 Å². The second-order valence-electron chi connectivity index (χ2n) is 2.26. The van der Waals surface area contributed by atoms with Crippen LogP contribution in [-0.2, 0) is 0 Å². The first-order valence-corrected chi connectivity index (χ1v) is 3.58. The van der Waals surface area contributed by atoms with Crippen LogP contribution in [-0.4, -0.2) is 20.2 Å². The lowest BCUT2D eigenvalue weighted by atomic mass is 10.3. The molecule has 0 aliphatic rings. The first-order valence-electron chi connectivity index (χ1n) is 3.17. The van der Waals surface area contributed by atoms with Gasteiger partial charge in [-0.05, 0) is 6.92 Å². The minimum Gasteiger partial charge on any atom is -0.289 e. The number of aryl methyl sites for hydroxylation is 1. The lowest BCUT2D eigenvalue weighted by molar-refractivity contribution is 1.07. The molecule has 0 bridgehead atoms. The highest BCUT2D eigenvalue weighted by Gasteiger charge is 2.01. The van der Waals surface area contributed by atoms with Gasteiger partial charge in [-0.2, -0.15) is 0 Å². The van der Waals surface area contributed by atoms with Gasteiger partial charge < -0.3 is 0 Å². The molecular formula is C6H6N4S. The maximum absolute atomic E-state index is 5.01. The molecular weight excluding hydrogens is 160 g/mol. The molecule has 0 amide bonds. The number of nitrogens with one attached hydrogen (secondary N) is 2. The molecule has 0 unspecified atom stereocenters. The standard InChI is InChI=1S/C6H6N4S/c1-3-4-5(8-2-7-3)9-10-6(4)11/h2H,1H3,(H2,7,8,9,10,11). The summed E-state index contributed by atoms with van der Waals surface area (Å²) in [4.78, 5) is 8.02. The second kappa shape index (κ2) is 2.13. The summed E-state index contributed by atoms with van der Waals surface area (Å²) in [7, 11) is 0. The fourth-order valence-corrected chi connectivity index (χ4v) is 1.31. The second-order valence-corrected chi connectivity index (χ2v) is 2.67. The van der Waals surface area contributed by atoms with Crippen LogP contribution < -0.4 is 0 Å². The summed E-state index contributed by atoms with van der Waals surface area (Å²) in [5, 5.41) is 6.56. The average molecular weight is 166 g/mol. The molecule has 2 N–H and O–H groups in total. The third-order valence-corrected chi connectivity index (χ3v) is 1.86. The summed E-state index contributed by atoms with van der Waals surface area (Å²) < 4.78 is 0.665. The van der Waals surface area contributed by atoms with Crippen molar-refractivity contribution in [2.75, 3.05) is 0 Å². The number of aromatic nitrogens is 4. The Labute approximate surface area is 67.7 Å². The van der Waals surface area contributed by atoms with Crippen molar-refractivity contribution in [3.8, 4) is 0 Å². The first-order chi connectivity index (χ1) is 5.29. The molecule has 0 aliphatic heterocycles. The quantitative estimate of drug-likeness (QED) is 0.580. The molecule has 2 rings (SSSR count). The van der Waals surface area contributed by atoms with Crippen molar-refractivity contribution in [3.05, 3.63) is 16.7 Å². The molecule has 2 aromatic rings. The molecule has 0 saturated carbocycles. The molecule has 4 nitrogen and oxygen atoms in total. The van der Waals surface area contributed by atoms with Crippen LogP contribution in [0.1, 0.15) is 5.69 Å². The number of hydrogen-bond donors (Lipinski definition) is 2. The van der Waals surface area contributed by atoms with Gasteiger partial charge in [0.1, 0.15) is 11.0 Å². The maximum Gasteiger partial charge on any atom is 0.158 e. The van der Waals surface area contributed by atoms with Crippen LogP contribution in [0.5, 0.6) is 0 Å². The molecule has 0 atom stereocenters. The minimum absolute atomic E-state index is 0.665. The Morgan fingerprint density at radius 3 is 2.91 bits per heavy atom. The van der Waals surface area contributed by atoms with E-state index < -0.39 is 0 Å². The average Bonchev–Trinajstić information content (AvgIpc) is 2.34. The summed E-state index contributed by atoms with van der Waals surface area (Å²) >= 11 is 5.01. The van der Waals surface area contributed by atoms with E-state index in [1.165, 1.54) is 6.33 Å². The van der Waals surface area contributed by atoms with Gasteiger partial charge in [0.25, 0.3) is 0 Å². The number of nitrogens with zero attached hydrogens (tertiary/aromatic N) is 2. The molecule has 0 aromatic carbocycles. The molecule has 0 radical (unpaired) electrons. The molecule has 0 spiro atoms. The predicted octanol–water partition coefficient (Wildman–Crippen LogP) is 1.32. The summed E-state index contributed by atoms with van der Waals surface area (Å²) in [6.07, 6.45) is 1.51. The fourth-order valence-electron chi connectivity index (χ4n) is 1.02. The Morgan fingerprint density at radius 1 is 1.36 bits per heavy atom. The third-order valence-electron chi connectivity index (χ3n) is 1.56. The summed E-state index contributed by atoms with van der Waals surface area (Å²) in [6, 6.07) is 0. The van der Waals surface area contributed by atoms with Crippen LogP contribution in [0.25, 0.3) is 11.0 Å². The van der Waals surface area contributed by atoms with Crippen LogP contribution in [0, 0.1) is 11.6 Å². The molecule has 5 heteroatoms. The lowest BCUT2D eigenvalue weighted by Gasteiger charge is -1.89. The van der Waals surface area contributed by atoms with Gasteiger partial charge in [0.05, 0.1) is 11.1 Å². The van der Waals surface area contributed by atoms with E-state index in [-0.39, 0.29) is 0 Å². The lowest BCUT2D eigenvalue weighted by Crippen LogP contribution is -1.83. The fraction of sp³-hybridized carbons (Fsp3) is 0.167. The van der Waals surface area contributed by atoms with E-state index in [2.05, 4.69) is 20.2 Å². The zero-order chi connectivity index (χ0) is 7.84. The van der Waals surface area contributed by atoms with Crippen LogP contribution in [0.3, 0.4) is 0 Å². The van der Waals surface area contributed by atoms with E-state index in [9.17, 15) is 0 Å². The Morgan fingerprint density at radius 2 is 2.18 bits per heavy atom. The largest absolute Gasteiger partial charge is 0.289 e. The smallest absolute Gasteiger partial charge is 0.158 e. The van der Waals surface area contributed by atoms with E-state index in [0.717, 1.165) is 16.7 Å². The molecule has 2 heterocycles. The van der Waals surface area contributed by atoms with Gasteiger partial charge in [0, 0.05) is 0 Å². The van der Waals surface area contributed by atoms with E-state index in [4.69, 9.17) is 12.2 Å². The number of fused-ring (bicyclic) bond motifs is 1. The van der Waals surface area contributed by atoms with Crippen LogP contribution in [0.2, 0.25) is 0 Å². The van der Waals surface area contributed by atoms with Crippen molar-refractivity contribution in [2.24, 2.45) is 0 Å². The van der Waals surface area contributed by atoms with Crippen molar-refractivity contribution in [1.29, 1.82) is 0 Å². The van der Waals surface area contributed by atoms with Crippen molar-refractivity contribution in [1.82, 2.24) is 20.2 Å². The first kappa shape index (κ1) is 6.48. The molecule has 0 fully saturated rings. The monoisotopic (exact) mass is 166 g/mol. The number of H-pyrrole nitrogens is 2. The normalized spacial score (nSPS) is 10.6. The Bertz CT molecular complexity index is 441. The number of aromatic amines is 2. The Hall–Kier alpha value is -1.23. The van der Waals surface area contributed by atoms with E-state index in [1.807, 2.05) is 6.92 Å². The highest BCUT2D eigenvalue weighted by atomic mass is 32.1. The number of rotatable bonds is 0. The zero-order valence-electron chi connectivity index (χ0n) is 5.88. The SMILES string of the molecule is Cc1ncnc2[nH][nH]c(=S)c12. The van der Waals surface area contributed by atoms with Crippen molar-refractivity contribution < 1.29 is 0 Å². The van der Waals surface area contributed by atoms with Crippen molar-refractivity contribution >= 4 is 23.3 Å². The Kier molecular flexibility index (Phi) is 1.25. The topological polar surface area (TPSA) is 57.4 Å². The summed E-state index contributed by atoms with van der Waals surface area (Å²) in [6.45, 7) is 1.90. The number of hydrogen-bond acceptors (Lipinski definition) is 3. The summed E-state index contributed by atoms with van der Waals surface area (Å²) in [5.74, 6) is 0. The Balaban J connectivity index is 3.08. The highest BCUT2D eigenvalue weighted by molar-refractivity contribution is 7.71. The molecule has 2 aromatic heterocycles. The molecule has 11 heavy (non-hydrogen) atoms. The van der Waals surface area contributed by atoms with Gasteiger partial charge in [-0.15, -0.1) is 0 Å². The van der Waals surface area contributed by atoms with Gasteiger partial charge >= 0.3 is 0 Å². The van der Waals surface area contributed by atoms with Crippen LogP contribution in [0.4, 0.5) is 0 Å². The van der Waals surface area contributed by atoms with Crippen LogP contribution >= 0.6 is 12.2 Å². The van der Waals surface area contributed by atoms with Crippen molar-refractivity contribution in [3.63, 3.8) is 0 Å². The summed E-state index contributed by atoms with van der Waals surface area (Å²) in [5.41, 5.74) is 1.67. The highest BCUT2D eigenvalue weighted by Crippen LogP contribution is 2.11. The zero-order valence-corrected chi connectivity index (χ0v) is 6.70. The molecule has 0 aliphatic carbocycles. The maximum atomic E-state index is 5.01. The van der Waals surface area contributed by atoms with Gasteiger partial charge in [-0.1, -0.05) is 12.2 Å². The van der Waals surface area contributed by atoms with E-state index >= 15 is 0 Å². The van der Waals surface area contributed by atoms with Gasteiger partial charge in [0.15, 0.2) is 5.65 Å². The van der Waals surface area contributed by atoms with E-state index in [1.54, 1.807) is 0 Å². The third kappa shape index (κ3) is 0.848. The molecule has 0 saturated heterocycles. The predicted molar refractivity (Wildman–Crippen MR) is 43.8 cm³/mol.